The van der Waals surface area contributed by atoms with Gasteiger partial charge in [0.05, 0.1) is 25.0 Å². The molecule has 0 radical (unpaired) electrons. The van der Waals surface area contributed by atoms with Crippen LogP contribution in [0.3, 0.4) is 0 Å². The van der Waals surface area contributed by atoms with E-state index in [9.17, 15) is 14.2 Å². The number of nitrogens with one attached hydrogen (secondary N) is 1. The molecule has 14 heteroatoms. The lowest BCUT2D eigenvalue weighted by Crippen LogP contribution is -2.39. The lowest BCUT2D eigenvalue weighted by atomic mass is 9.99. The summed E-state index contributed by atoms with van der Waals surface area (Å²) in [6, 6.07) is 3.43. The third-order valence-corrected chi connectivity index (χ3v) is 10.1. The zero-order valence-corrected chi connectivity index (χ0v) is 24.3. The summed E-state index contributed by atoms with van der Waals surface area (Å²) in [6.45, 7) is 12.5. The van der Waals surface area contributed by atoms with E-state index in [2.05, 4.69) is 22.3 Å². The second-order valence-corrected chi connectivity index (χ2v) is 13.1. The zero-order chi connectivity index (χ0) is 28.3. The lowest BCUT2D eigenvalue weighted by molar-refractivity contribution is -0.0789. The molecule has 0 amide bonds. The van der Waals surface area contributed by atoms with Crippen molar-refractivity contribution < 1.29 is 27.4 Å². The van der Waals surface area contributed by atoms with Crippen LogP contribution in [0.4, 0.5) is 0 Å². The van der Waals surface area contributed by atoms with E-state index in [1.807, 2.05) is 27.7 Å². The smallest absolute Gasteiger partial charge is 0.343 e. The van der Waals surface area contributed by atoms with E-state index in [4.69, 9.17) is 28.1 Å². The van der Waals surface area contributed by atoms with E-state index >= 15 is 0 Å². The fourth-order valence-electron chi connectivity index (χ4n) is 4.86. The quantitative estimate of drug-likeness (QED) is 0.209. The van der Waals surface area contributed by atoms with Crippen molar-refractivity contribution in [2.24, 2.45) is 5.92 Å². The molecule has 210 valence electrons. The van der Waals surface area contributed by atoms with Crippen molar-refractivity contribution in [3.05, 3.63) is 57.1 Å². The van der Waals surface area contributed by atoms with Gasteiger partial charge in [-0.3, -0.25) is 18.9 Å². The Bertz CT molecular complexity index is 1220. The highest BCUT2D eigenvalue weighted by Crippen LogP contribution is 2.62. The Labute approximate surface area is 223 Å². The van der Waals surface area contributed by atoms with E-state index in [1.54, 1.807) is 6.08 Å². The molecule has 2 fully saturated rings. The minimum atomic E-state index is -3.57. The molecule has 1 aliphatic heterocycles. The number of hydrogen-bond donors (Lipinski definition) is 1. The standard InChI is InChI=1S/C24H36N4O8P2/c1-16(2)28(17(3)4)37(34-13-8-11-25)36-21-20-18(5)15-24(21,10-14-38(31,32-6)33-7)35-22(20)27-12-9-19(29)26-23(27)30/h9-10,12,14,16-17,20-22H,5,8,13,15H2,1-4,6-7H3,(H,26,29,30)/b14-10+/t20-,21+,22-,24+,37?/m1/s1. The number of ether oxygens (including phenoxy) is 1. The Morgan fingerprint density at radius 1 is 1.34 bits per heavy atom. The van der Waals surface area contributed by atoms with Crippen LogP contribution >= 0.6 is 16.1 Å². The normalized spacial score (nSPS) is 26.2. The Kier molecular flexibility index (Phi) is 10.1. The highest BCUT2D eigenvalue weighted by atomic mass is 31.2. The van der Waals surface area contributed by atoms with Gasteiger partial charge in [-0.25, -0.2) is 9.46 Å². The van der Waals surface area contributed by atoms with Crippen LogP contribution < -0.4 is 11.2 Å². The van der Waals surface area contributed by atoms with Crippen LogP contribution in [-0.2, 0) is 27.4 Å². The van der Waals surface area contributed by atoms with E-state index in [1.165, 1.54) is 36.9 Å². The molecule has 0 aromatic carbocycles. The number of nitrogens with zero attached hydrogens (tertiary/aromatic N) is 3. The molecule has 1 saturated carbocycles. The summed E-state index contributed by atoms with van der Waals surface area (Å²) < 4.78 is 45.7. The van der Waals surface area contributed by atoms with Gasteiger partial charge in [0.15, 0.2) is 0 Å². The highest BCUT2D eigenvalue weighted by Gasteiger charge is 2.63. The molecule has 2 heterocycles. The Morgan fingerprint density at radius 3 is 2.55 bits per heavy atom. The largest absolute Gasteiger partial charge is 0.353 e. The maximum absolute atomic E-state index is 12.9. The second kappa shape index (κ2) is 12.5. The summed E-state index contributed by atoms with van der Waals surface area (Å²) >= 11 is 0. The number of fused-ring (bicyclic) bond motifs is 2. The molecular formula is C24H36N4O8P2. The molecule has 2 bridgehead atoms. The predicted molar refractivity (Wildman–Crippen MR) is 142 cm³/mol. The van der Waals surface area contributed by atoms with Crippen molar-refractivity contribution >= 4 is 16.1 Å². The van der Waals surface area contributed by atoms with Gasteiger partial charge in [-0.05, 0) is 33.8 Å². The van der Waals surface area contributed by atoms with Gasteiger partial charge < -0.3 is 22.8 Å². The van der Waals surface area contributed by atoms with E-state index < -0.39 is 51.2 Å². The van der Waals surface area contributed by atoms with Crippen LogP contribution in [0, 0.1) is 17.2 Å². The molecule has 1 aromatic heterocycles. The van der Waals surface area contributed by atoms with Gasteiger partial charge in [-0.2, -0.15) is 5.26 Å². The molecule has 5 atom stereocenters. The molecule has 12 nitrogen and oxygen atoms in total. The van der Waals surface area contributed by atoms with Crippen molar-refractivity contribution in [1.82, 2.24) is 14.2 Å². The monoisotopic (exact) mass is 570 g/mol. The number of hydrogen-bond acceptors (Lipinski definition) is 10. The van der Waals surface area contributed by atoms with Crippen molar-refractivity contribution in [2.45, 2.75) is 70.6 Å². The zero-order valence-electron chi connectivity index (χ0n) is 22.5. The second-order valence-electron chi connectivity index (χ2n) is 9.63. The van der Waals surface area contributed by atoms with Gasteiger partial charge in [0.25, 0.3) is 14.1 Å². The molecule has 0 spiro atoms. The third-order valence-electron chi connectivity index (χ3n) is 6.47. The first-order chi connectivity index (χ1) is 17.9. The number of rotatable bonds is 13. The van der Waals surface area contributed by atoms with Crippen molar-refractivity contribution in [3.63, 3.8) is 0 Å². The van der Waals surface area contributed by atoms with Crippen LogP contribution in [0.25, 0.3) is 0 Å². The highest BCUT2D eigenvalue weighted by molar-refractivity contribution is 7.57. The Hall–Kier alpha value is -1.93. The summed E-state index contributed by atoms with van der Waals surface area (Å²) in [4.78, 5) is 26.7. The molecular weight excluding hydrogens is 534 g/mol. The Morgan fingerprint density at radius 2 is 2.00 bits per heavy atom. The molecule has 2 aliphatic rings. The average molecular weight is 571 g/mol. The lowest BCUT2D eigenvalue weighted by Gasteiger charge is -2.38. The minimum Gasteiger partial charge on any atom is -0.343 e. The average Bonchev–Trinajstić information content (AvgIpc) is 3.29. The fourth-order valence-corrected chi connectivity index (χ4v) is 7.50. The van der Waals surface area contributed by atoms with Crippen LogP contribution in [0.2, 0.25) is 0 Å². The van der Waals surface area contributed by atoms with Gasteiger partial charge in [0.1, 0.15) is 17.9 Å². The first-order valence-electron chi connectivity index (χ1n) is 12.3. The van der Waals surface area contributed by atoms with Crippen LogP contribution in [-0.4, -0.2) is 58.8 Å². The summed E-state index contributed by atoms with van der Waals surface area (Å²) in [6.07, 6.45) is 1.91. The first kappa shape index (κ1) is 30.6. The number of nitriles is 1. The molecule has 3 rings (SSSR count). The maximum atomic E-state index is 12.9. The summed E-state index contributed by atoms with van der Waals surface area (Å²) in [5, 5.41) is 9.06. The SMILES string of the molecule is C=C1C[C@]2(/C=C/P(=O)(OC)OC)O[C@@H](n3ccc(=O)[nH]c3=O)[C@H]1[C@@H]2OP(OCCC#N)N(C(C)C)C(C)C. The van der Waals surface area contributed by atoms with E-state index in [0.717, 1.165) is 5.57 Å². The van der Waals surface area contributed by atoms with E-state index in [-0.39, 0.29) is 25.1 Å². The summed E-state index contributed by atoms with van der Waals surface area (Å²) in [5.74, 6) is 0.817. The Balaban J connectivity index is 2.10. The minimum absolute atomic E-state index is 0.0534. The van der Waals surface area contributed by atoms with E-state index in [0.29, 0.717) is 6.42 Å². The van der Waals surface area contributed by atoms with Crippen molar-refractivity contribution in [2.75, 3.05) is 20.8 Å². The van der Waals surface area contributed by atoms with Gasteiger partial charge in [-0.1, -0.05) is 12.2 Å². The van der Waals surface area contributed by atoms with Gasteiger partial charge in [0, 0.05) is 50.8 Å². The summed E-state index contributed by atoms with van der Waals surface area (Å²) in [5.41, 5.74) is -1.60. The molecule has 1 unspecified atom stereocenters. The van der Waals surface area contributed by atoms with Gasteiger partial charge >= 0.3 is 13.3 Å². The number of aromatic nitrogens is 2. The maximum Gasteiger partial charge on any atom is 0.353 e. The number of H-pyrrole nitrogens is 1. The van der Waals surface area contributed by atoms with Gasteiger partial charge in [0.2, 0.25) is 0 Å². The van der Waals surface area contributed by atoms with Crippen molar-refractivity contribution in [1.29, 1.82) is 5.26 Å². The third kappa shape index (κ3) is 6.27. The van der Waals surface area contributed by atoms with Crippen molar-refractivity contribution in [3.8, 4) is 6.07 Å². The fraction of sp³-hybridized carbons (Fsp3) is 0.625. The molecule has 38 heavy (non-hydrogen) atoms. The number of aromatic amines is 1. The molecule has 1 N–H and O–H groups in total. The predicted octanol–water partition coefficient (Wildman–Crippen LogP) is 4.04. The topological polar surface area (TPSA) is 145 Å². The molecule has 1 aromatic rings. The van der Waals surface area contributed by atoms with Crippen LogP contribution in [0.1, 0.15) is 46.8 Å². The molecule has 1 saturated heterocycles. The van der Waals surface area contributed by atoms with Crippen LogP contribution in [0.15, 0.2) is 45.9 Å². The van der Waals surface area contributed by atoms with Gasteiger partial charge in [-0.15, -0.1) is 0 Å². The first-order valence-corrected chi connectivity index (χ1v) is 15.0. The summed E-state index contributed by atoms with van der Waals surface area (Å²) in [7, 11) is -2.70. The van der Waals surface area contributed by atoms with Crippen LogP contribution in [0.5, 0.6) is 0 Å². The molecule has 1 aliphatic carbocycles.